The molecule has 0 atom stereocenters. The summed E-state index contributed by atoms with van der Waals surface area (Å²) < 4.78 is 24.7. The number of carbonyl (C=O) groups is 1. The van der Waals surface area contributed by atoms with Gasteiger partial charge in [-0.15, -0.1) is 11.3 Å². The predicted octanol–water partition coefficient (Wildman–Crippen LogP) is 0.694. The molecule has 0 radical (unpaired) electrons. The Balaban J connectivity index is 1.63. The normalized spacial score (nSPS) is 17.7. The molecule has 1 aliphatic heterocycles. The van der Waals surface area contributed by atoms with Gasteiger partial charge >= 0.3 is 0 Å². The number of nitrogens with zero attached hydrogens (tertiary/aromatic N) is 2. The molecule has 118 valence electrons. The highest BCUT2D eigenvalue weighted by Gasteiger charge is 2.27. The maximum absolute atomic E-state index is 12.2. The van der Waals surface area contributed by atoms with E-state index in [2.05, 4.69) is 10.3 Å². The number of thiazole rings is 1. The van der Waals surface area contributed by atoms with E-state index in [1.165, 1.54) is 15.6 Å². The number of hydrogen-bond acceptors (Lipinski definition) is 5. The van der Waals surface area contributed by atoms with Crippen molar-refractivity contribution in [3.8, 4) is 0 Å². The van der Waals surface area contributed by atoms with Crippen LogP contribution in [0.3, 0.4) is 0 Å². The predicted molar refractivity (Wildman–Crippen MR) is 84.8 cm³/mol. The van der Waals surface area contributed by atoms with Crippen LogP contribution in [0, 0.1) is 0 Å². The Morgan fingerprint density at radius 2 is 2.00 bits per heavy atom. The number of piperidine rings is 1. The fraction of sp³-hybridized carbons (Fsp3) is 0.385. The number of fused-ring (bicyclic) bond motifs is 1. The maximum Gasteiger partial charge on any atom is 0.280 e. The van der Waals surface area contributed by atoms with Crippen molar-refractivity contribution in [3.63, 3.8) is 0 Å². The Bertz CT molecular complexity index is 761. The van der Waals surface area contributed by atoms with Gasteiger partial charge in [-0.3, -0.25) is 4.79 Å². The van der Waals surface area contributed by atoms with Crippen LogP contribution in [-0.4, -0.2) is 42.7 Å². The first kappa shape index (κ1) is 15.3. The molecular weight excluding hydrogens is 324 g/mol. The van der Waals surface area contributed by atoms with Gasteiger partial charge in [0, 0.05) is 19.1 Å². The van der Waals surface area contributed by atoms with Crippen molar-refractivity contribution < 1.29 is 13.2 Å². The largest absolute Gasteiger partial charge is 0.347 e. The molecule has 9 heteroatoms. The van der Waals surface area contributed by atoms with E-state index in [0.29, 0.717) is 30.9 Å². The molecule has 1 aromatic heterocycles. The lowest BCUT2D eigenvalue weighted by Crippen LogP contribution is -2.48. The van der Waals surface area contributed by atoms with Gasteiger partial charge in [-0.05, 0) is 25.0 Å². The number of nitrogens with two attached hydrogens (primary N) is 1. The van der Waals surface area contributed by atoms with E-state index in [9.17, 15) is 13.2 Å². The van der Waals surface area contributed by atoms with Crippen LogP contribution >= 0.6 is 11.3 Å². The molecule has 2 heterocycles. The van der Waals surface area contributed by atoms with Crippen LogP contribution in [-0.2, 0) is 10.2 Å². The van der Waals surface area contributed by atoms with E-state index in [0.717, 1.165) is 10.2 Å². The topological polar surface area (TPSA) is 105 Å². The number of carbonyl (C=O) groups excluding carboxylic acids is 1. The van der Waals surface area contributed by atoms with Gasteiger partial charge < -0.3 is 5.32 Å². The zero-order chi connectivity index (χ0) is 15.7. The summed E-state index contributed by atoms with van der Waals surface area (Å²) in [6, 6.07) is 7.52. The zero-order valence-corrected chi connectivity index (χ0v) is 13.4. The SMILES string of the molecule is NS(=O)(=O)N1CCC(NC(=O)c2nc3ccccc3s2)CC1. The average molecular weight is 340 g/mol. The molecule has 1 saturated heterocycles. The molecule has 0 bridgehead atoms. The molecule has 1 aromatic carbocycles. The van der Waals surface area contributed by atoms with E-state index < -0.39 is 10.2 Å². The minimum Gasteiger partial charge on any atom is -0.347 e. The summed E-state index contributed by atoms with van der Waals surface area (Å²) in [6.07, 6.45) is 1.10. The molecule has 1 aliphatic rings. The molecule has 0 unspecified atom stereocenters. The molecule has 7 nitrogen and oxygen atoms in total. The first-order valence-electron chi connectivity index (χ1n) is 6.88. The Morgan fingerprint density at radius 1 is 1.32 bits per heavy atom. The minimum absolute atomic E-state index is 0.0579. The van der Waals surface area contributed by atoms with Gasteiger partial charge in [0.2, 0.25) is 0 Å². The van der Waals surface area contributed by atoms with E-state index >= 15 is 0 Å². The van der Waals surface area contributed by atoms with E-state index in [1.807, 2.05) is 24.3 Å². The first-order valence-corrected chi connectivity index (χ1v) is 9.20. The third-order valence-corrected chi connectivity index (χ3v) is 5.76. The van der Waals surface area contributed by atoms with Crippen LogP contribution in [0.15, 0.2) is 24.3 Å². The van der Waals surface area contributed by atoms with Gasteiger partial charge in [-0.25, -0.2) is 10.1 Å². The lowest BCUT2D eigenvalue weighted by molar-refractivity contribution is 0.0923. The second-order valence-electron chi connectivity index (χ2n) is 5.18. The zero-order valence-electron chi connectivity index (χ0n) is 11.7. The maximum atomic E-state index is 12.2. The molecule has 3 N–H and O–H groups in total. The summed E-state index contributed by atoms with van der Waals surface area (Å²) in [5.41, 5.74) is 0.807. The standard InChI is InChI=1S/C13H16N4O3S2/c14-22(19,20)17-7-5-9(6-8-17)15-12(18)13-16-10-3-1-2-4-11(10)21-13/h1-4,9H,5-8H2,(H,15,18)(H2,14,19,20). The highest BCUT2D eigenvalue weighted by atomic mass is 32.2. The molecule has 0 aliphatic carbocycles. The van der Waals surface area contributed by atoms with Crippen LogP contribution in [0.25, 0.3) is 10.2 Å². The Hall–Kier alpha value is -1.55. The van der Waals surface area contributed by atoms with Crippen molar-refractivity contribution in [3.05, 3.63) is 29.3 Å². The molecule has 0 spiro atoms. The van der Waals surface area contributed by atoms with Crippen molar-refractivity contribution >= 4 is 37.7 Å². The van der Waals surface area contributed by atoms with Crippen LogP contribution in [0.5, 0.6) is 0 Å². The van der Waals surface area contributed by atoms with Gasteiger partial charge in [-0.2, -0.15) is 12.7 Å². The van der Waals surface area contributed by atoms with Gasteiger partial charge in [0.15, 0.2) is 5.01 Å². The third-order valence-electron chi connectivity index (χ3n) is 3.64. The fourth-order valence-electron chi connectivity index (χ4n) is 2.47. The second kappa shape index (κ2) is 5.92. The average Bonchev–Trinajstić information content (AvgIpc) is 2.91. The van der Waals surface area contributed by atoms with Gasteiger partial charge in [0.1, 0.15) is 0 Å². The number of nitrogens with one attached hydrogen (secondary N) is 1. The molecule has 3 rings (SSSR count). The van der Waals surface area contributed by atoms with Crippen molar-refractivity contribution in [2.24, 2.45) is 5.14 Å². The van der Waals surface area contributed by atoms with Gasteiger partial charge in [0.25, 0.3) is 16.1 Å². The monoisotopic (exact) mass is 340 g/mol. The van der Waals surface area contributed by atoms with E-state index in [-0.39, 0.29) is 11.9 Å². The third kappa shape index (κ3) is 3.27. The van der Waals surface area contributed by atoms with Gasteiger partial charge in [0.05, 0.1) is 10.2 Å². The van der Waals surface area contributed by atoms with Crippen molar-refractivity contribution in [2.45, 2.75) is 18.9 Å². The number of para-hydroxylation sites is 1. The van der Waals surface area contributed by atoms with E-state index in [4.69, 9.17) is 5.14 Å². The summed E-state index contributed by atoms with van der Waals surface area (Å²) in [6.45, 7) is 0.646. The molecular formula is C13H16N4O3S2. The number of hydrogen-bond donors (Lipinski definition) is 2. The minimum atomic E-state index is -3.64. The number of rotatable bonds is 3. The van der Waals surface area contributed by atoms with Crippen molar-refractivity contribution in [2.75, 3.05) is 13.1 Å². The quantitative estimate of drug-likeness (QED) is 0.857. The van der Waals surface area contributed by atoms with Crippen LogP contribution in [0.2, 0.25) is 0 Å². The Morgan fingerprint density at radius 3 is 2.64 bits per heavy atom. The highest BCUT2D eigenvalue weighted by molar-refractivity contribution is 7.86. The summed E-state index contributed by atoms with van der Waals surface area (Å²) >= 11 is 1.35. The summed E-state index contributed by atoms with van der Waals surface area (Å²) in [5.74, 6) is -0.213. The van der Waals surface area contributed by atoms with Crippen LogP contribution in [0.1, 0.15) is 22.6 Å². The highest BCUT2D eigenvalue weighted by Crippen LogP contribution is 2.22. The van der Waals surface area contributed by atoms with Crippen LogP contribution < -0.4 is 10.5 Å². The smallest absolute Gasteiger partial charge is 0.280 e. The molecule has 1 amide bonds. The molecule has 0 saturated carbocycles. The number of amides is 1. The molecule has 1 fully saturated rings. The van der Waals surface area contributed by atoms with E-state index in [1.54, 1.807) is 0 Å². The van der Waals surface area contributed by atoms with Crippen molar-refractivity contribution in [1.29, 1.82) is 0 Å². The molecule has 2 aromatic rings. The lowest BCUT2D eigenvalue weighted by Gasteiger charge is -2.29. The molecule has 22 heavy (non-hydrogen) atoms. The fourth-order valence-corrected chi connectivity index (χ4v) is 4.06. The van der Waals surface area contributed by atoms with Gasteiger partial charge in [-0.1, -0.05) is 12.1 Å². The Kier molecular flexibility index (Phi) is 4.13. The Labute approximate surface area is 132 Å². The second-order valence-corrected chi connectivity index (χ2v) is 7.76. The summed E-state index contributed by atoms with van der Waals surface area (Å²) in [5, 5.41) is 8.43. The van der Waals surface area contributed by atoms with Crippen LogP contribution in [0.4, 0.5) is 0 Å². The summed E-state index contributed by atoms with van der Waals surface area (Å²) in [7, 11) is -3.64. The van der Waals surface area contributed by atoms with Crippen molar-refractivity contribution in [1.82, 2.24) is 14.6 Å². The number of aromatic nitrogens is 1. The number of benzene rings is 1. The first-order chi connectivity index (χ1) is 10.4. The lowest BCUT2D eigenvalue weighted by atomic mass is 10.1. The summed E-state index contributed by atoms with van der Waals surface area (Å²) in [4.78, 5) is 16.6.